The van der Waals surface area contributed by atoms with E-state index in [4.69, 9.17) is 10.2 Å². The van der Waals surface area contributed by atoms with Crippen LogP contribution in [0, 0.1) is 0 Å². The number of aromatic nitrogens is 2. The van der Waals surface area contributed by atoms with Crippen molar-refractivity contribution in [2.45, 2.75) is 24.5 Å². The molecular weight excluding hydrogens is 216 g/mol. The van der Waals surface area contributed by atoms with E-state index in [1.165, 1.54) is 17.8 Å². The number of aliphatic hydroxyl groups excluding tert-OH is 2. The highest BCUT2D eigenvalue weighted by Gasteiger charge is 2.05. The summed E-state index contributed by atoms with van der Waals surface area (Å²) < 4.78 is 0. The van der Waals surface area contributed by atoms with E-state index in [1.807, 2.05) is 6.92 Å². The third-order valence-electron chi connectivity index (χ3n) is 1.74. The molecule has 0 saturated carbocycles. The molecule has 1 atom stereocenters. The maximum Gasteiger partial charge on any atom is 0.251 e. The number of thioether (sulfide) groups is 1. The van der Waals surface area contributed by atoms with Crippen molar-refractivity contribution < 1.29 is 10.2 Å². The minimum Gasteiger partial charge on any atom is -0.394 e. The fourth-order valence-electron chi connectivity index (χ4n) is 0.959. The summed E-state index contributed by atoms with van der Waals surface area (Å²) in [5.74, 6) is 0.958. The van der Waals surface area contributed by atoms with Crippen LogP contribution in [0.5, 0.6) is 0 Å². The van der Waals surface area contributed by atoms with E-state index in [2.05, 4.69) is 9.97 Å². The van der Waals surface area contributed by atoms with Gasteiger partial charge < -0.3 is 15.2 Å². The molecule has 1 unspecified atom stereocenters. The van der Waals surface area contributed by atoms with Gasteiger partial charge in [0.25, 0.3) is 5.56 Å². The number of hydrogen-bond donors (Lipinski definition) is 3. The first-order valence-corrected chi connectivity index (χ1v) is 5.66. The van der Waals surface area contributed by atoms with Crippen LogP contribution in [0.15, 0.2) is 15.9 Å². The molecule has 6 heteroatoms. The molecule has 0 saturated heterocycles. The lowest BCUT2D eigenvalue weighted by atomic mass is 10.4. The van der Waals surface area contributed by atoms with E-state index in [9.17, 15) is 4.79 Å². The Labute approximate surface area is 91.6 Å². The molecule has 0 amide bonds. The van der Waals surface area contributed by atoms with Gasteiger partial charge >= 0.3 is 0 Å². The van der Waals surface area contributed by atoms with Crippen molar-refractivity contribution in [3.8, 4) is 0 Å². The van der Waals surface area contributed by atoms with Crippen molar-refractivity contribution in [3.05, 3.63) is 22.2 Å². The van der Waals surface area contributed by atoms with Crippen LogP contribution in [0.1, 0.15) is 12.7 Å². The molecule has 1 aromatic rings. The number of aromatic amines is 1. The van der Waals surface area contributed by atoms with Gasteiger partial charge in [-0.05, 0) is 0 Å². The summed E-state index contributed by atoms with van der Waals surface area (Å²) in [5.41, 5.74) is -0.192. The van der Waals surface area contributed by atoms with Crippen LogP contribution >= 0.6 is 11.8 Å². The topological polar surface area (TPSA) is 86.2 Å². The smallest absolute Gasteiger partial charge is 0.251 e. The first-order valence-electron chi connectivity index (χ1n) is 4.67. The second-order valence-electron chi connectivity index (χ2n) is 3.03. The number of hydrogen-bond acceptors (Lipinski definition) is 5. The molecule has 1 rings (SSSR count). The molecule has 0 aliphatic rings. The van der Waals surface area contributed by atoms with Crippen LogP contribution in [0.2, 0.25) is 0 Å². The summed E-state index contributed by atoms with van der Waals surface area (Å²) in [6.07, 6.45) is -0.118. The molecule has 3 N–H and O–H groups in total. The predicted molar refractivity (Wildman–Crippen MR) is 58.1 cm³/mol. The Morgan fingerprint density at radius 1 is 1.67 bits per heavy atom. The highest BCUT2D eigenvalue weighted by atomic mass is 32.2. The molecule has 0 aromatic carbocycles. The maximum atomic E-state index is 11.2. The number of H-pyrrole nitrogens is 1. The number of aliphatic hydroxyl groups is 2. The van der Waals surface area contributed by atoms with Gasteiger partial charge in [-0.15, -0.1) is 11.8 Å². The largest absolute Gasteiger partial charge is 0.394 e. The van der Waals surface area contributed by atoms with Gasteiger partial charge in [-0.2, -0.15) is 0 Å². The monoisotopic (exact) mass is 230 g/mol. The van der Waals surface area contributed by atoms with E-state index in [1.54, 1.807) is 0 Å². The van der Waals surface area contributed by atoms with Gasteiger partial charge in [0.15, 0.2) is 0 Å². The quantitative estimate of drug-likeness (QED) is 0.481. The third-order valence-corrected chi connectivity index (χ3v) is 2.79. The number of nitrogens with zero attached hydrogens (tertiary/aromatic N) is 1. The van der Waals surface area contributed by atoms with E-state index in [0.717, 1.165) is 0 Å². The van der Waals surface area contributed by atoms with Crippen LogP contribution < -0.4 is 5.56 Å². The highest BCUT2D eigenvalue weighted by molar-refractivity contribution is 7.99. The molecule has 5 nitrogen and oxygen atoms in total. The Hall–Kier alpha value is -0.850. The van der Waals surface area contributed by atoms with Crippen LogP contribution in [0.3, 0.4) is 0 Å². The summed E-state index contributed by atoms with van der Waals surface area (Å²) >= 11 is 1.26. The zero-order valence-corrected chi connectivity index (χ0v) is 9.25. The molecule has 0 aliphatic heterocycles. The van der Waals surface area contributed by atoms with Crippen molar-refractivity contribution in [2.75, 3.05) is 12.4 Å². The van der Waals surface area contributed by atoms with E-state index >= 15 is 0 Å². The lowest BCUT2D eigenvalue weighted by Gasteiger charge is -2.06. The highest BCUT2D eigenvalue weighted by Crippen LogP contribution is 2.14. The van der Waals surface area contributed by atoms with E-state index in [0.29, 0.717) is 23.0 Å². The summed E-state index contributed by atoms with van der Waals surface area (Å²) in [6.45, 7) is 1.62. The number of nitrogens with one attached hydrogen (secondary N) is 1. The van der Waals surface area contributed by atoms with Gasteiger partial charge in [0.2, 0.25) is 0 Å². The first kappa shape index (κ1) is 12.2. The summed E-state index contributed by atoms with van der Waals surface area (Å²) in [7, 11) is 0. The Balaban J connectivity index is 2.68. The zero-order valence-electron chi connectivity index (χ0n) is 8.43. The van der Waals surface area contributed by atoms with Gasteiger partial charge in [0.1, 0.15) is 10.9 Å². The Kier molecular flexibility index (Phi) is 4.80. The van der Waals surface area contributed by atoms with Crippen molar-refractivity contribution in [1.82, 2.24) is 9.97 Å². The molecule has 0 fully saturated rings. The second kappa shape index (κ2) is 5.89. The SMILES string of the molecule is CCc1nc(SCC(O)CO)cc(=O)[nH]1. The van der Waals surface area contributed by atoms with Crippen molar-refractivity contribution in [2.24, 2.45) is 0 Å². The van der Waals surface area contributed by atoms with Gasteiger partial charge in [-0.3, -0.25) is 4.79 Å². The van der Waals surface area contributed by atoms with Gasteiger partial charge in [0, 0.05) is 18.2 Å². The van der Waals surface area contributed by atoms with Gasteiger partial charge in [-0.25, -0.2) is 4.98 Å². The van der Waals surface area contributed by atoms with Crippen molar-refractivity contribution in [1.29, 1.82) is 0 Å². The summed E-state index contributed by atoms with van der Waals surface area (Å²) in [5, 5.41) is 18.3. The molecule has 1 heterocycles. The van der Waals surface area contributed by atoms with Crippen LogP contribution in [-0.4, -0.2) is 38.6 Å². The molecule has 0 spiro atoms. The molecule has 0 aliphatic carbocycles. The van der Waals surface area contributed by atoms with Crippen LogP contribution in [0.25, 0.3) is 0 Å². The molecular formula is C9H14N2O3S. The standard InChI is InChI=1S/C9H14N2O3S/c1-2-7-10-8(14)3-9(11-7)15-5-6(13)4-12/h3,6,12-13H,2,4-5H2,1H3,(H,10,11,14). The minimum absolute atomic E-state index is 0.192. The summed E-state index contributed by atoms with van der Waals surface area (Å²) in [6, 6.07) is 1.38. The first-order chi connectivity index (χ1) is 7.15. The van der Waals surface area contributed by atoms with Gasteiger partial charge in [-0.1, -0.05) is 6.92 Å². The van der Waals surface area contributed by atoms with E-state index < -0.39 is 6.10 Å². The number of aryl methyl sites for hydroxylation is 1. The van der Waals surface area contributed by atoms with Crippen LogP contribution in [0.4, 0.5) is 0 Å². The average Bonchev–Trinajstić information content (AvgIpc) is 2.25. The van der Waals surface area contributed by atoms with Crippen molar-refractivity contribution >= 4 is 11.8 Å². The molecule has 0 bridgehead atoms. The normalized spacial score (nSPS) is 12.7. The van der Waals surface area contributed by atoms with Crippen molar-refractivity contribution in [3.63, 3.8) is 0 Å². The molecule has 0 radical (unpaired) electrons. The van der Waals surface area contributed by atoms with E-state index in [-0.39, 0.29) is 12.2 Å². The maximum absolute atomic E-state index is 11.2. The third kappa shape index (κ3) is 4.03. The molecule has 15 heavy (non-hydrogen) atoms. The lowest BCUT2D eigenvalue weighted by Crippen LogP contribution is -2.16. The Morgan fingerprint density at radius 3 is 3.00 bits per heavy atom. The summed E-state index contributed by atoms with van der Waals surface area (Å²) in [4.78, 5) is 17.9. The predicted octanol–water partition coefficient (Wildman–Crippen LogP) is -0.222. The number of rotatable bonds is 5. The second-order valence-corrected chi connectivity index (χ2v) is 4.07. The fourth-order valence-corrected chi connectivity index (χ4v) is 1.79. The van der Waals surface area contributed by atoms with Crippen LogP contribution in [-0.2, 0) is 6.42 Å². The molecule has 1 aromatic heterocycles. The van der Waals surface area contributed by atoms with Gasteiger partial charge in [0.05, 0.1) is 12.7 Å². The lowest BCUT2D eigenvalue weighted by molar-refractivity contribution is 0.113. The average molecular weight is 230 g/mol. The molecule has 84 valence electrons. The Morgan fingerprint density at radius 2 is 2.40 bits per heavy atom. The minimum atomic E-state index is -0.777. The zero-order chi connectivity index (χ0) is 11.3. The Bertz CT molecular complexity index is 367. The fraction of sp³-hybridized carbons (Fsp3) is 0.556.